The quantitative estimate of drug-likeness (QED) is 0.853. The highest BCUT2D eigenvalue weighted by molar-refractivity contribution is 7.09. The Hall–Kier alpha value is -2.15. The van der Waals surface area contributed by atoms with Gasteiger partial charge in [-0.1, -0.05) is 0 Å². The Morgan fingerprint density at radius 3 is 2.94 bits per heavy atom. The molecule has 2 aromatic heterocycles. The van der Waals surface area contributed by atoms with Crippen molar-refractivity contribution in [3.05, 3.63) is 40.2 Å². The van der Waals surface area contributed by atoms with E-state index in [4.69, 9.17) is 9.52 Å². The molecular formula is C11H10N2O4S. The van der Waals surface area contributed by atoms with E-state index in [1.165, 1.54) is 17.4 Å². The third-order valence-corrected chi connectivity index (χ3v) is 3.02. The topological polar surface area (TPSA) is 92.4 Å². The fourth-order valence-electron chi connectivity index (χ4n) is 1.31. The van der Waals surface area contributed by atoms with Crippen molar-refractivity contribution in [3.63, 3.8) is 0 Å². The Bertz CT molecular complexity index is 547. The van der Waals surface area contributed by atoms with Crippen molar-refractivity contribution in [2.24, 2.45) is 0 Å². The summed E-state index contributed by atoms with van der Waals surface area (Å²) in [6.07, 6.45) is 3.38. The summed E-state index contributed by atoms with van der Waals surface area (Å²) in [5.74, 6) is -1.56. The minimum atomic E-state index is -1.12. The smallest absolute Gasteiger partial charge is 0.338 e. The first-order valence-electron chi connectivity index (χ1n) is 5.15. The highest BCUT2D eigenvalue weighted by atomic mass is 32.1. The van der Waals surface area contributed by atoms with Crippen LogP contribution in [0.4, 0.5) is 0 Å². The number of thiazole rings is 1. The highest BCUT2D eigenvalue weighted by Crippen LogP contribution is 2.08. The fraction of sp³-hybridized carbons (Fsp3) is 0.182. The van der Waals surface area contributed by atoms with Gasteiger partial charge in [0, 0.05) is 30.6 Å². The molecule has 0 fully saturated rings. The summed E-state index contributed by atoms with van der Waals surface area (Å²) in [6, 6.07) is 1.20. The van der Waals surface area contributed by atoms with Crippen LogP contribution in [0.15, 0.2) is 28.3 Å². The molecule has 7 heteroatoms. The number of rotatable bonds is 5. The lowest BCUT2D eigenvalue weighted by Crippen LogP contribution is -2.25. The maximum atomic E-state index is 11.6. The van der Waals surface area contributed by atoms with Crippen LogP contribution in [0.25, 0.3) is 0 Å². The second-order valence-corrected chi connectivity index (χ2v) is 4.42. The number of hydrogen-bond acceptors (Lipinski definition) is 5. The Labute approximate surface area is 106 Å². The van der Waals surface area contributed by atoms with Gasteiger partial charge in [-0.25, -0.2) is 9.78 Å². The van der Waals surface area contributed by atoms with Gasteiger partial charge in [0.1, 0.15) is 6.26 Å². The summed E-state index contributed by atoms with van der Waals surface area (Å²) in [4.78, 5) is 26.3. The summed E-state index contributed by atoms with van der Waals surface area (Å²) in [5, 5.41) is 14.1. The number of carbonyl (C=O) groups excluding carboxylic acids is 1. The molecule has 0 saturated carbocycles. The first-order chi connectivity index (χ1) is 8.66. The van der Waals surface area contributed by atoms with E-state index in [0.29, 0.717) is 13.0 Å². The number of carboxylic acid groups (broad SMARTS) is 1. The predicted molar refractivity (Wildman–Crippen MR) is 63.8 cm³/mol. The second kappa shape index (κ2) is 5.46. The van der Waals surface area contributed by atoms with E-state index in [2.05, 4.69) is 10.3 Å². The van der Waals surface area contributed by atoms with Crippen LogP contribution < -0.4 is 5.32 Å². The van der Waals surface area contributed by atoms with Crippen molar-refractivity contribution < 1.29 is 19.1 Å². The lowest BCUT2D eigenvalue weighted by Gasteiger charge is -2.00. The molecule has 2 N–H and O–H groups in total. The highest BCUT2D eigenvalue weighted by Gasteiger charge is 2.14. The molecule has 0 unspecified atom stereocenters. The van der Waals surface area contributed by atoms with Gasteiger partial charge in [0.05, 0.1) is 10.6 Å². The minimum absolute atomic E-state index is 0.00783. The van der Waals surface area contributed by atoms with Crippen LogP contribution in [0.5, 0.6) is 0 Å². The van der Waals surface area contributed by atoms with E-state index >= 15 is 0 Å². The zero-order chi connectivity index (χ0) is 13.0. The molecule has 1 amide bonds. The average molecular weight is 266 g/mol. The Balaban J connectivity index is 1.85. The van der Waals surface area contributed by atoms with Crippen molar-refractivity contribution >= 4 is 23.2 Å². The number of aromatic carboxylic acids is 1. The summed E-state index contributed by atoms with van der Waals surface area (Å²) in [6.45, 7) is 0.426. The number of carboxylic acids is 1. The summed E-state index contributed by atoms with van der Waals surface area (Å²) in [5.41, 5.74) is -0.0416. The molecule has 2 heterocycles. The first kappa shape index (κ1) is 12.3. The summed E-state index contributed by atoms with van der Waals surface area (Å²) < 4.78 is 4.87. The number of amides is 1. The molecule has 0 aliphatic carbocycles. The molecule has 94 valence electrons. The van der Waals surface area contributed by atoms with Crippen LogP contribution in [0, 0.1) is 0 Å². The van der Waals surface area contributed by atoms with E-state index in [-0.39, 0.29) is 11.3 Å². The minimum Gasteiger partial charge on any atom is -0.478 e. The normalized spacial score (nSPS) is 10.2. The maximum absolute atomic E-state index is 11.6. The number of furan rings is 1. The number of carbonyl (C=O) groups is 2. The molecule has 0 aromatic carbocycles. The summed E-state index contributed by atoms with van der Waals surface area (Å²) >= 11 is 1.51. The van der Waals surface area contributed by atoms with Crippen LogP contribution in [-0.4, -0.2) is 28.5 Å². The molecule has 6 nitrogen and oxygen atoms in total. The number of nitrogens with zero attached hydrogens (tertiary/aromatic N) is 1. The van der Waals surface area contributed by atoms with Crippen molar-refractivity contribution in [1.29, 1.82) is 0 Å². The van der Waals surface area contributed by atoms with E-state index in [1.54, 1.807) is 6.20 Å². The maximum Gasteiger partial charge on any atom is 0.338 e. The molecule has 0 aliphatic rings. The van der Waals surface area contributed by atoms with Gasteiger partial charge < -0.3 is 14.8 Å². The molecule has 18 heavy (non-hydrogen) atoms. The monoisotopic (exact) mass is 266 g/mol. The molecule has 0 spiro atoms. The van der Waals surface area contributed by atoms with E-state index in [9.17, 15) is 9.59 Å². The number of aromatic nitrogens is 1. The van der Waals surface area contributed by atoms with E-state index in [1.807, 2.05) is 5.38 Å². The molecule has 0 radical (unpaired) electrons. The van der Waals surface area contributed by atoms with Crippen LogP contribution in [0.1, 0.15) is 25.9 Å². The van der Waals surface area contributed by atoms with Crippen molar-refractivity contribution in [1.82, 2.24) is 10.3 Å². The molecule has 0 aliphatic heterocycles. The Morgan fingerprint density at radius 2 is 2.33 bits per heavy atom. The van der Waals surface area contributed by atoms with Crippen molar-refractivity contribution in [2.75, 3.05) is 6.54 Å². The third-order valence-electron chi connectivity index (χ3n) is 2.18. The largest absolute Gasteiger partial charge is 0.478 e. The van der Waals surface area contributed by atoms with Crippen molar-refractivity contribution in [3.8, 4) is 0 Å². The zero-order valence-corrected chi connectivity index (χ0v) is 10.1. The van der Waals surface area contributed by atoms with Gasteiger partial charge in [-0.15, -0.1) is 11.3 Å². The van der Waals surface area contributed by atoms with Crippen LogP contribution in [0.3, 0.4) is 0 Å². The summed E-state index contributed by atoms with van der Waals surface area (Å²) in [7, 11) is 0. The number of nitrogens with one attached hydrogen (secondary N) is 1. The first-order valence-corrected chi connectivity index (χ1v) is 6.03. The lowest BCUT2D eigenvalue weighted by molar-refractivity contribution is 0.0696. The van der Waals surface area contributed by atoms with Crippen molar-refractivity contribution in [2.45, 2.75) is 6.42 Å². The van der Waals surface area contributed by atoms with Gasteiger partial charge in [0.15, 0.2) is 5.76 Å². The van der Waals surface area contributed by atoms with Gasteiger partial charge in [-0.3, -0.25) is 4.79 Å². The lowest BCUT2D eigenvalue weighted by atomic mass is 10.3. The Morgan fingerprint density at radius 1 is 1.50 bits per heavy atom. The van der Waals surface area contributed by atoms with Gasteiger partial charge >= 0.3 is 5.97 Å². The molecular weight excluding hydrogens is 256 g/mol. The van der Waals surface area contributed by atoms with Gasteiger partial charge in [-0.05, 0) is 0 Å². The fourth-order valence-corrected chi connectivity index (χ4v) is 1.93. The van der Waals surface area contributed by atoms with Gasteiger partial charge in [-0.2, -0.15) is 0 Å². The SMILES string of the molecule is O=C(O)c1coc(C(=O)NCCc2nccs2)c1. The second-order valence-electron chi connectivity index (χ2n) is 3.44. The zero-order valence-electron chi connectivity index (χ0n) is 9.25. The van der Waals surface area contributed by atoms with Crippen LogP contribution in [-0.2, 0) is 6.42 Å². The van der Waals surface area contributed by atoms with E-state index < -0.39 is 11.9 Å². The van der Waals surface area contributed by atoms with Gasteiger partial charge in [0.25, 0.3) is 5.91 Å². The molecule has 0 atom stereocenters. The predicted octanol–water partition coefficient (Wildman–Crippen LogP) is 1.41. The molecule has 2 aromatic rings. The van der Waals surface area contributed by atoms with Gasteiger partial charge in [0.2, 0.25) is 0 Å². The molecule has 0 bridgehead atoms. The number of hydrogen-bond donors (Lipinski definition) is 2. The molecule has 2 rings (SSSR count). The third kappa shape index (κ3) is 2.95. The van der Waals surface area contributed by atoms with Crippen LogP contribution in [0.2, 0.25) is 0 Å². The van der Waals surface area contributed by atoms with E-state index in [0.717, 1.165) is 11.3 Å². The average Bonchev–Trinajstić information content (AvgIpc) is 2.99. The standard InChI is InChI=1S/C11H10N2O4S/c14-10(8-5-7(6-17-8)11(15)16)13-2-1-9-12-3-4-18-9/h3-6H,1-2H2,(H,13,14)(H,15,16). The molecule has 0 saturated heterocycles. The Kier molecular flexibility index (Phi) is 3.73. The van der Waals surface area contributed by atoms with Crippen LogP contribution >= 0.6 is 11.3 Å².